The number of fused-ring (bicyclic) bond motifs is 1. The van der Waals surface area contributed by atoms with Gasteiger partial charge in [0, 0.05) is 11.8 Å². The van der Waals surface area contributed by atoms with Gasteiger partial charge in [0.25, 0.3) is 0 Å². The fourth-order valence-electron chi connectivity index (χ4n) is 3.60. The van der Waals surface area contributed by atoms with Gasteiger partial charge in [-0.15, -0.1) is 0 Å². The summed E-state index contributed by atoms with van der Waals surface area (Å²) in [6.45, 7) is 4.59. The Hall–Kier alpha value is -2.89. The van der Waals surface area contributed by atoms with Crippen LogP contribution in [0.2, 0.25) is 0 Å². The van der Waals surface area contributed by atoms with Crippen molar-refractivity contribution in [2.75, 3.05) is 11.1 Å². The first kappa shape index (κ1) is 15.6. The van der Waals surface area contributed by atoms with Gasteiger partial charge in [0.05, 0.1) is 23.6 Å². The number of nitrogens with one attached hydrogen (secondary N) is 1. The first-order valence-corrected chi connectivity index (χ1v) is 8.49. The number of para-hydroxylation sites is 1. The van der Waals surface area contributed by atoms with Crippen molar-refractivity contribution in [3.05, 3.63) is 60.0 Å². The number of aromatic nitrogens is 4. The molecule has 0 aliphatic heterocycles. The maximum Gasteiger partial charge on any atom is 0.221 e. The molecule has 0 spiro atoms. The number of hydrogen-bond donors (Lipinski definition) is 2. The van der Waals surface area contributed by atoms with Crippen LogP contribution in [0.3, 0.4) is 0 Å². The molecular weight excluding hydrogens is 312 g/mol. The summed E-state index contributed by atoms with van der Waals surface area (Å²) in [6, 6.07) is 12.3. The molecule has 3 aromatic rings. The second kappa shape index (κ2) is 5.88. The molecule has 0 amide bonds. The minimum absolute atomic E-state index is 0.144. The molecule has 25 heavy (non-hydrogen) atoms. The molecule has 1 aliphatic carbocycles. The highest BCUT2D eigenvalue weighted by Gasteiger charge is 2.35. The van der Waals surface area contributed by atoms with Gasteiger partial charge in [0.15, 0.2) is 0 Å². The summed E-state index contributed by atoms with van der Waals surface area (Å²) >= 11 is 0. The molecule has 0 saturated carbocycles. The molecule has 2 aromatic heterocycles. The van der Waals surface area contributed by atoms with Gasteiger partial charge in [-0.2, -0.15) is 10.1 Å². The number of rotatable bonds is 3. The van der Waals surface area contributed by atoms with Crippen LogP contribution in [0.4, 0.5) is 11.8 Å². The zero-order valence-corrected chi connectivity index (χ0v) is 14.5. The Morgan fingerprint density at radius 3 is 2.76 bits per heavy atom. The van der Waals surface area contributed by atoms with E-state index in [1.54, 1.807) is 6.20 Å². The first-order chi connectivity index (χ1) is 12.0. The van der Waals surface area contributed by atoms with E-state index in [0.29, 0.717) is 0 Å². The standard InChI is InChI=1S/C19H22N6/c1-19(2)10-15(23-17-8-9-21-18(20)24-17)14-12-22-25(16(14)11-19)13-6-4-3-5-7-13/h3-9,12,15H,10-11H2,1-2H3,(H3,20,21,23,24)/t15-/m0/s1. The van der Waals surface area contributed by atoms with E-state index < -0.39 is 0 Å². The number of nitrogens with two attached hydrogens (primary N) is 1. The Morgan fingerprint density at radius 2 is 2.00 bits per heavy atom. The number of nitrogen functional groups attached to an aromatic ring is 1. The Labute approximate surface area is 147 Å². The van der Waals surface area contributed by atoms with Crippen LogP contribution in [-0.2, 0) is 6.42 Å². The summed E-state index contributed by atoms with van der Waals surface area (Å²) in [6.07, 6.45) is 5.64. The van der Waals surface area contributed by atoms with Crippen molar-refractivity contribution in [2.24, 2.45) is 5.41 Å². The third-order valence-electron chi connectivity index (χ3n) is 4.68. The molecule has 0 bridgehead atoms. The summed E-state index contributed by atoms with van der Waals surface area (Å²) in [5, 5.41) is 8.18. The summed E-state index contributed by atoms with van der Waals surface area (Å²) in [4.78, 5) is 8.24. The lowest BCUT2D eigenvalue weighted by Gasteiger charge is -2.36. The van der Waals surface area contributed by atoms with Crippen molar-refractivity contribution in [1.29, 1.82) is 0 Å². The largest absolute Gasteiger partial charge is 0.368 e. The van der Waals surface area contributed by atoms with Gasteiger partial charge < -0.3 is 11.1 Å². The molecule has 1 aliphatic rings. The first-order valence-electron chi connectivity index (χ1n) is 8.49. The number of anilines is 2. The monoisotopic (exact) mass is 334 g/mol. The van der Waals surface area contributed by atoms with E-state index >= 15 is 0 Å². The molecule has 6 nitrogen and oxygen atoms in total. The molecule has 0 unspecified atom stereocenters. The van der Waals surface area contributed by atoms with E-state index in [2.05, 4.69) is 51.0 Å². The van der Waals surface area contributed by atoms with Gasteiger partial charge in [-0.25, -0.2) is 9.67 Å². The fraction of sp³-hybridized carbons (Fsp3) is 0.316. The lowest BCUT2D eigenvalue weighted by Crippen LogP contribution is -2.30. The van der Waals surface area contributed by atoms with Crippen molar-refractivity contribution in [3.8, 4) is 5.69 Å². The maximum atomic E-state index is 5.71. The third kappa shape index (κ3) is 3.07. The predicted octanol–water partition coefficient (Wildman–Crippen LogP) is 3.37. The van der Waals surface area contributed by atoms with E-state index in [1.807, 2.05) is 30.5 Å². The Balaban J connectivity index is 1.73. The molecule has 4 rings (SSSR count). The third-order valence-corrected chi connectivity index (χ3v) is 4.68. The van der Waals surface area contributed by atoms with Crippen LogP contribution in [0.15, 0.2) is 48.8 Å². The topological polar surface area (TPSA) is 81.7 Å². The van der Waals surface area contributed by atoms with Crippen molar-refractivity contribution in [1.82, 2.24) is 19.7 Å². The van der Waals surface area contributed by atoms with Crippen molar-refractivity contribution < 1.29 is 0 Å². The average molecular weight is 334 g/mol. The van der Waals surface area contributed by atoms with Gasteiger partial charge in [-0.1, -0.05) is 32.0 Å². The van der Waals surface area contributed by atoms with E-state index in [4.69, 9.17) is 5.73 Å². The average Bonchev–Trinajstić information content (AvgIpc) is 2.98. The minimum Gasteiger partial charge on any atom is -0.368 e. The molecule has 0 fully saturated rings. The second-order valence-electron chi connectivity index (χ2n) is 7.34. The van der Waals surface area contributed by atoms with Gasteiger partial charge in [-0.3, -0.25) is 0 Å². The van der Waals surface area contributed by atoms with Crippen molar-refractivity contribution >= 4 is 11.8 Å². The Morgan fingerprint density at radius 1 is 1.20 bits per heavy atom. The number of hydrogen-bond acceptors (Lipinski definition) is 5. The van der Waals surface area contributed by atoms with Gasteiger partial charge in [0.2, 0.25) is 5.95 Å². The van der Waals surface area contributed by atoms with Gasteiger partial charge in [-0.05, 0) is 36.5 Å². The van der Waals surface area contributed by atoms with E-state index in [0.717, 1.165) is 24.3 Å². The fourth-order valence-corrected chi connectivity index (χ4v) is 3.60. The normalized spacial score (nSPS) is 18.6. The van der Waals surface area contributed by atoms with E-state index in [-0.39, 0.29) is 17.4 Å². The van der Waals surface area contributed by atoms with Crippen LogP contribution in [0.25, 0.3) is 5.69 Å². The number of nitrogens with zero attached hydrogens (tertiary/aromatic N) is 4. The smallest absolute Gasteiger partial charge is 0.221 e. The number of benzene rings is 1. The molecule has 6 heteroatoms. The van der Waals surface area contributed by atoms with Crippen LogP contribution >= 0.6 is 0 Å². The molecule has 1 atom stereocenters. The summed E-state index contributed by atoms with van der Waals surface area (Å²) in [7, 11) is 0. The highest BCUT2D eigenvalue weighted by molar-refractivity contribution is 5.44. The SMILES string of the molecule is CC1(C)Cc2c(cnn2-c2ccccc2)[C@@H](Nc2ccnc(N)n2)C1. The van der Waals surface area contributed by atoms with Crippen LogP contribution in [0.1, 0.15) is 37.6 Å². The molecule has 0 radical (unpaired) electrons. The van der Waals surface area contributed by atoms with Crippen molar-refractivity contribution in [2.45, 2.75) is 32.7 Å². The minimum atomic E-state index is 0.144. The van der Waals surface area contributed by atoms with Gasteiger partial charge >= 0.3 is 0 Å². The maximum absolute atomic E-state index is 5.71. The zero-order chi connectivity index (χ0) is 17.4. The lowest BCUT2D eigenvalue weighted by molar-refractivity contribution is 0.286. The summed E-state index contributed by atoms with van der Waals surface area (Å²) in [5.74, 6) is 1.02. The Kier molecular flexibility index (Phi) is 3.67. The van der Waals surface area contributed by atoms with E-state index in [9.17, 15) is 0 Å². The van der Waals surface area contributed by atoms with E-state index in [1.165, 1.54) is 11.3 Å². The van der Waals surface area contributed by atoms with Gasteiger partial charge in [0.1, 0.15) is 5.82 Å². The Bertz CT molecular complexity index is 884. The molecule has 128 valence electrons. The summed E-state index contributed by atoms with van der Waals surface area (Å²) < 4.78 is 2.05. The lowest BCUT2D eigenvalue weighted by atomic mass is 9.74. The molecule has 0 saturated heterocycles. The van der Waals surface area contributed by atoms with Crippen molar-refractivity contribution in [3.63, 3.8) is 0 Å². The van der Waals surface area contributed by atoms with Crippen LogP contribution in [-0.4, -0.2) is 19.7 Å². The quantitative estimate of drug-likeness (QED) is 0.767. The van der Waals surface area contributed by atoms with Crippen LogP contribution < -0.4 is 11.1 Å². The second-order valence-corrected chi connectivity index (χ2v) is 7.34. The molecular formula is C19H22N6. The van der Waals surface area contributed by atoms with Crippen LogP contribution in [0, 0.1) is 5.41 Å². The van der Waals surface area contributed by atoms with Crippen LogP contribution in [0.5, 0.6) is 0 Å². The predicted molar refractivity (Wildman–Crippen MR) is 98.5 cm³/mol. The molecule has 2 heterocycles. The molecule has 3 N–H and O–H groups in total. The highest BCUT2D eigenvalue weighted by Crippen LogP contribution is 2.42. The zero-order valence-electron chi connectivity index (χ0n) is 14.5. The summed E-state index contributed by atoms with van der Waals surface area (Å²) in [5.41, 5.74) is 9.44. The highest BCUT2D eigenvalue weighted by atomic mass is 15.3. The molecule has 1 aromatic carbocycles.